The minimum atomic E-state index is -0.227. The molecule has 0 fully saturated rings. The van der Waals surface area contributed by atoms with Gasteiger partial charge in [-0.05, 0) is 30.7 Å². The molecule has 1 unspecified atom stereocenters. The number of hydrogen-bond donors (Lipinski definition) is 2. The number of nitrogens with one attached hydrogen (secondary N) is 1. The summed E-state index contributed by atoms with van der Waals surface area (Å²) in [5.74, 6) is 0.201. The fourth-order valence-corrected chi connectivity index (χ4v) is 2.62. The number of benzene rings is 1. The average molecular weight is 336 g/mol. The van der Waals surface area contributed by atoms with E-state index in [-0.39, 0.29) is 17.6 Å². The Morgan fingerprint density at radius 2 is 2.00 bits per heavy atom. The van der Waals surface area contributed by atoms with Crippen LogP contribution in [0.25, 0.3) is 0 Å². The molecule has 1 aliphatic carbocycles. The number of aliphatic hydroxyl groups is 1. The van der Waals surface area contributed by atoms with Crippen molar-refractivity contribution >= 4 is 17.5 Å². The Bertz CT molecular complexity index is 828. The van der Waals surface area contributed by atoms with Gasteiger partial charge in [-0.2, -0.15) is 0 Å². The lowest BCUT2D eigenvalue weighted by atomic mass is 9.91. The number of hydrogen-bond acceptors (Lipinski definition) is 5. The Morgan fingerprint density at radius 1 is 1.24 bits per heavy atom. The van der Waals surface area contributed by atoms with Crippen molar-refractivity contribution in [3.8, 4) is 0 Å². The molecule has 1 aromatic carbocycles. The van der Waals surface area contributed by atoms with E-state index in [2.05, 4.69) is 15.3 Å². The van der Waals surface area contributed by atoms with Crippen LogP contribution in [0.1, 0.15) is 18.0 Å². The maximum atomic E-state index is 12.2. The molecule has 0 radical (unpaired) electrons. The first-order valence-electron chi connectivity index (χ1n) is 8.02. The Hall–Kier alpha value is -3.15. The normalized spacial score (nSPS) is 16.6. The molecular weight excluding hydrogens is 316 g/mol. The zero-order valence-corrected chi connectivity index (χ0v) is 14.2. The summed E-state index contributed by atoms with van der Waals surface area (Å²) in [5, 5.41) is 13.2. The van der Waals surface area contributed by atoms with Crippen LogP contribution in [-0.4, -0.2) is 40.0 Å². The Morgan fingerprint density at radius 3 is 2.72 bits per heavy atom. The van der Waals surface area contributed by atoms with E-state index < -0.39 is 0 Å². The number of rotatable bonds is 4. The molecule has 0 spiro atoms. The first kappa shape index (κ1) is 16.7. The predicted molar refractivity (Wildman–Crippen MR) is 96.6 cm³/mol. The van der Waals surface area contributed by atoms with Gasteiger partial charge in [0, 0.05) is 31.9 Å². The van der Waals surface area contributed by atoms with Crippen molar-refractivity contribution in [2.75, 3.05) is 19.4 Å². The Labute approximate surface area is 146 Å². The van der Waals surface area contributed by atoms with Gasteiger partial charge in [-0.25, -0.2) is 9.97 Å². The summed E-state index contributed by atoms with van der Waals surface area (Å²) in [4.78, 5) is 22.4. The first-order valence-corrected chi connectivity index (χ1v) is 8.02. The van der Waals surface area contributed by atoms with Crippen LogP contribution >= 0.6 is 0 Å². The van der Waals surface area contributed by atoms with E-state index in [4.69, 9.17) is 0 Å². The lowest BCUT2D eigenvalue weighted by molar-refractivity contribution is -0.124. The van der Waals surface area contributed by atoms with Crippen LogP contribution in [0, 0.1) is 0 Å². The van der Waals surface area contributed by atoms with Gasteiger partial charge in [-0.15, -0.1) is 0 Å². The summed E-state index contributed by atoms with van der Waals surface area (Å²) in [7, 11) is 3.32. The number of carbonyl (C=O) groups excluding carboxylic acids is 1. The van der Waals surface area contributed by atoms with Crippen molar-refractivity contribution in [2.45, 2.75) is 12.3 Å². The van der Waals surface area contributed by atoms with Crippen molar-refractivity contribution in [2.24, 2.45) is 0 Å². The van der Waals surface area contributed by atoms with Crippen molar-refractivity contribution in [3.05, 3.63) is 71.8 Å². The molecule has 25 heavy (non-hydrogen) atoms. The molecule has 0 aliphatic heterocycles. The number of allylic oxidation sites excluding steroid dienone is 2. The molecular formula is C19H20N4O2. The van der Waals surface area contributed by atoms with Gasteiger partial charge in [0.15, 0.2) is 0 Å². The largest absolute Gasteiger partial charge is 0.507 e. The summed E-state index contributed by atoms with van der Waals surface area (Å²) in [6.07, 6.45) is 5.70. The van der Waals surface area contributed by atoms with Gasteiger partial charge in [-0.3, -0.25) is 4.79 Å². The molecule has 3 rings (SSSR count). The fourth-order valence-electron chi connectivity index (χ4n) is 2.62. The van der Waals surface area contributed by atoms with Gasteiger partial charge in [0.2, 0.25) is 5.95 Å². The molecule has 128 valence electrons. The molecule has 6 heteroatoms. The zero-order valence-electron chi connectivity index (χ0n) is 14.2. The number of amides is 1. The molecule has 1 aliphatic rings. The highest BCUT2D eigenvalue weighted by molar-refractivity contribution is 5.97. The standard InChI is InChI=1S/C19H20N4O2/c1-23(2)18(25)15-12-13(8-9-17(15)24)16-10-11-20-19(22-16)21-14-6-4-3-5-7-14/h3-7,9-13,24H,8H2,1-2H3,(H,20,21,22). The fraction of sp³-hybridized carbons (Fsp3) is 0.211. The molecule has 6 nitrogen and oxygen atoms in total. The van der Waals surface area contributed by atoms with Gasteiger partial charge in [0.25, 0.3) is 5.91 Å². The highest BCUT2D eigenvalue weighted by Crippen LogP contribution is 2.30. The second-order valence-electron chi connectivity index (χ2n) is 6.01. The van der Waals surface area contributed by atoms with Crippen molar-refractivity contribution < 1.29 is 9.90 Å². The van der Waals surface area contributed by atoms with Crippen LogP contribution in [0.3, 0.4) is 0 Å². The summed E-state index contributed by atoms with van der Waals surface area (Å²) in [5.41, 5.74) is 2.00. The number of aliphatic hydroxyl groups excluding tert-OH is 1. The lowest BCUT2D eigenvalue weighted by Gasteiger charge is -2.20. The highest BCUT2D eigenvalue weighted by Gasteiger charge is 2.23. The highest BCUT2D eigenvalue weighted by atomic mass is 16.3. The average Bonchev–Trinajstić information content (AvgIpc) is 2.62. The van der Waals surface area contributed by atoms with Gasteiger partial charge >= 0.3 is 0 Å². The van der Waals surface area contributed by atoms with E-state index in [0.717, 1.165) is 11.4 Å². The molecule has 0 bridgehead atoms. The van der Waals surface area contributed by atoms with Crippen molar-refractivity contribution in [1.82, 2.24) is 14.9 Å². The summed E-state index contributed by atoms with van der Waals surface area (Å²) in [6.45, 7) is 0. The predicted octanol–water partition coefficient (Wildman–Crippen LogP) is 3.16. The Kier molecular flexibility index (Phi) is 4.79. The van der Waals surface area contributed by atoms with E-state index in [1.54, 1.807) is 32.4 Å². The van der Waals surface area contributed by atoms with E-state index >= 15 is 0 Å². The van der Waals surface area contributed by atoms with Gasteiger partial charge in [0.1, 0.15) is 5.76 Å². The van der Waals surface area contributed by atoms with E-state index in [1.165, 1.54) is 4.90 Å². The molecule has 2 aromatic rings. The molecule has 1 aromatic heterocycles. The van der Waals surface area contributed by atoms with Crippen LogP contribution in [-0.2, 0) is 4.79 Å². The minimum absolute atomic E-state index is 0.0200. The lowest BCUT2D eigenvalue weighted by Crippen LogP contribution is -2.26. The molecule has 0 saturated heterocycles. The Balaban J connectivity index is 1.84. The molecule has 0 saturated carbocycles. The third-order valence-electron chi connectivity index (χ3n) is 3.93. The second kappa shape index (κ2) is 7.17. The summed E-state index contributed by atoms with van der Waals surface area (Å²) in [6, 6.07) is 11.5. The molecule has 2 N–H and O–H groups in total. The van der Waals surface area contributed by atoms with Crippen LogP contribution < -0.4 is 5.32 Å². The first-order chi connectivity index (χ1) is 12.0. The number of para-hydroxylation sites is 1. The molecule has 1 heterocycles. The summed E-state index contributed by atoms with van der Waals surface area (Å²) < 4.78 is 0. The number of aromatic nitrogens is 2. The number of likely N-dealkylation sites (N-methyl/N-ethyl adjacent to an activating group) is 1. The van der Waals surface area contributed by atoms with Crippen molar-refractivity contribution in [3.63, 3.8) is 0 Å². The number of nitrogens with zero attached hydrogens (tertiary/aromatic N) is 3. The van der Waals surface area contributed by atoms with Gasteiger partial charge in [0.05, 0.1) is 11.3 Å². The maximum absolute atomic E-state index is 12.2. The maximum Gasteiger partial charge on any atom is 0.256 e. The van der Waals surface area contributed by atoms with Crippen LogP contribution in [0.15, 0.2) is 66.1 Å². The number of carbonyl (C=O) groups is 1. The van der Waals surface area contributed by atoms with E-state index in [0.29, 0.717) is 17.9 Å². The topological polar surface area (TPSA) is 78.4 Å². The van der Waals surface area contributed by atoms with Crippen LogP contribution in [0.4, 0.5) is 11.6 Å². The quantitative estimate of drug-likeness (QED) is 0.897. The second-order valence-corrected chi connectivity index (χ2v) is 6.01. The number of anilines is 2. The molecule has 1 amide bonds. The molecule has 1 atom stereocenters. The zero-order chi connectivity index (χ0) is 17.8. The van der Waals surface area contributed by atoms with Gasteiger partial charge < -0.3 is 15.3 Å². The smallest absolute Gasteiger partial charge is 0.256 e. The monoisotopic (exact) mass is 336 g/mol. The van der Waals surface area contributed by atoms with Crippen molar-refractivity contribution in [1.29, 1.82) is 0 Å². The van der Waals surface area contributed by atoms with Gasteiger partial charge in [-0.1, -0.05) is 24.3 Å². The van der Waals surface area contributed by atoms with E-state index in [9.17, 15) is 9.90 Å². The van der Waals surface area contributed by atoms with E-state index in [1.807, 2.05) is 36.4 Å². The SMILES string of the molecule is CN(C)C(=O)C1=CC(c2ccnc(Nc3ccccc3)n2)CC=C1O. The summed E-state index contributed by atoms with van der Waals surface area (Å²) >= 11 is 0. The minimum Gasteiger partial charge on any atom is -0.507 e. The van der Waals surface area contributed by atoms with Crippen LogP contribution in [0.2, 0.25) is 0 Å². The third kappa shape index (κ3) is 3.85. The van der Waals surface area contributed by atoms with Crippen LogP contribution in [0.5, 0.6) is 0 Å². The third-order valence-corrected chi connectivity index (χ3v) is 3.93.